The normalized spacial score (nSPS) is 12.0. The molecule has 1 aliphatic carbocycles. The highest BCUT2D eigenvalue weighted by Crippen LogP contribution is 2.27. The maximum Gasteiger partial charge on any atom is 0.334 e. The van der Waals surface area contributed by atoms with E-state index in [2.05, 4.69) is 23.3 Å². The third-order valence-electron chi connectivity index (χ3n) is 5.81. The molecule has 33 heavy (non-hydrogen) atoms. The molecule has 2 aromatic carbocycles. The molecule has 4 rings (SSSR count). The van der Waals surface area contributed by atoms with E-state index in [4.69, 9.17) is 9.47 Å². The molecule has 0 bridgehead atoms. The van der Waals surface area contributed by atoms with Gasteiger partial charge in [-0.3, -0.25) is 9.78 Å². The Kier molecular flexibility index (Phi) is 6.54. The van der Waals surface area contributed by atoms with E-state index in [1.165, 1.54) is 7.11 Å². The molecule has 1 heterocycles. The van der Waals surface area contributed by atoms with Crippen LogP contribution < -0.4 is 10.1 Å². The number of esters is 1. The van der Waals surface area contributed by atoms with Gasteiger partial charge in [-0.2, -0.15) is 0 Å². The number of para-hydroxylation sites is 1. The Morgan fingerprint density at radius 1 is 1.09 bits per heavy atom. The topological polar surface area (TPSA) is 77.5 Å². The summed E-state index contributed by atoms with van der Waals surface area (Å²) >= 11 is 0. The molecule has 0 saturated heterocycles. The SMILES string of the molecule is COC(=O)C1=Cc2cc(NCc3cc(CC(=O)c4ccccc4OC)ccc3C)cnc2C1. The number of rotatable bonds is 8. The number of fused-ring (bicyclic) bond motifs is 1. The highest BCUT2D eigenvalue weighted by Gasteiger charge is 2.20. The number of ether oxygens (including phenoxy) is 2. The highest BCUT2D eigenvalue weighted by atomic mass is 16.5. The number of aryl methyl sites for hydroxylation is 1. The van der Waals surface area contributed by atoms with E-state index >= 15 is 0 Å². The first-order valence-electron chi connectivity index (χ1n) is 10.7. The fraction of sp³-hybridized carbons (Fsp3) is 0.222. The van der Waals surface area contributed by atoms with Crippen molar-refractivity contribution in [2.75, 3.05) is 19.5 Å². The zero-order valence-electron chi connectivity index (χ0n) is 19.0. The van der Waals surface area contributed by atoms with Crippen LogP contribution in [-0.2, 0) is 28.9 Å². The van der Waals surface area contributed by atoms with Gasteiger partial charge in [-0.1, -0.05) is 30.3 Å². The van der Waals surface area contributed by atoms with Crippen LogP contribution in [0.15, 0.2) is 60.3 Å². The Morgan fingerprint density at radius 2 is 1.91 bits per heavy atom. The molecule has 6 heteroatoms. The second-order valence-corrected chi connectivity index (χ2v) is 8.01. The van der Waals surface area contributed by atoms with Crippen LogP contribution in [0.3, 0.4) is 0 Å². The van der Waals surface area contributed by atoms with Crippen LogP contribution in [0.25, 0.3) is 6.08 Å². The van der Waals surface area contributed by atoms with Crippen molar-refractivity contribution in [2.24, 2.45) is 0 Å². The maximum atomic E-state index is 12.8. The molecule has 6 nitrogen and oxygen atoms in total. The molecule has 1 aromatic heterocycles. The van der Waals surface area contributed by atoms with Gasteiger partial charge >= 0.3 is 5.97 Å². The minimum absolute atomic E-state index is 0.0197. The van der Waals surface area contributed by atoms with Gasteiger partial charge in [-0.15, -0.1) is 0 Å². The largest absolute Gasteiger partial charge is 0.496 e. The monoisotopic (exact) mass is 442 g/mol. The predicted octanol–water partition coefficient (Wildman–Crippen LogP) is 4.55. The van der Waals surface area contributed by atoms with Gasteiger partial charge < -0.3 is 14.8 Å². The van der Waals surface area contributed by atoms with Crippen molar-refractivity contribution in [1.29, 1.82) is 0 Å². The lowest BCUT2D eigenvalue weighted by molar-refractivity contribution is -0.136. The van der Waals surface area contributed by atoms with E-state index < -0.39 is 0 Å². The lowest BCUT2D eigenvalue weighted by atomic mass is 9.98. The summed E-state index contributed by atoms with van der Waals surface area (Å²) in [7, 11) is 2.95. The van der Waals surface area contributed by atoms with Crippen molar-refractivity contribution in [3.05, 3.63) is 93.8 Å². The maximum absolute atomic E-state index is 12.8. The fourth-order valence-electron chi connectivity index (χ4n) is 3.94. The molecule has 168 valence electrons. The zero-order valence-corrected chi connectivity index (χ0v) is 19.0. The molecular formula is C27H26N2O4. The zero-order chi connectivity index (χ0) is 23.4. The molecule has 0 aliphatic heterocycles. The molecule has 0 amide bonds. The second-order valence-electron chi connectivity index (χ2n) is 8.01. The van der Waals surface area contributed by atoms with Gasteiger partial charge in [0.2, 0.25) is 0 Å². The Bertz CT molecular complexity index is 1250. The summed E-state index contributed by atoms with van der Waals surface area (Å²) in [5.74, 6) is 0.286. The fourth-order valence-corrected chi connectivity index (χ4v) is 3.94. The number of ketones is 1. The van der Waals surface area contributed by atoms with Crippen molar-refractivity contribution < 1.29 is 19.1 Å². The number of hydrogen-bond donors (Lipinski definition) is 1. The number of methoxy groups -OCH3 is 2. The average Bonchev–Trinajstić information content (AvgIpc) is 3.27. The van der Waals surface area contributed by atoms with E-state index in [1.807, 2.05) is 36.4 Å². The number of Topliss-reactive ketones (excluding diaryl/α,β-unsaturated/α-hetero) is 1. The summed E-state index contributed by atoms with van der Waals surface area (Å²) in [6.45, 7) is 2.64. The smallest absolute Gasteiger partial charge is 0.334 e. The second kappa shape index (κ2) is 9.69. The van der Waals surface area contributed by atoms with Crippen LogP contribution in [-0.4, -0.2) is 31.0 Å². The quantitative estimate of drug-likeness (QED) is 0.407. The van der Waals surface area contributed by atoms with Gasteiger partial charge in [0.05, 0.1) is 37.4 Å². The van der Waals surface area contributed by atoms with Crippen molar-refractivity contribution in [3.63, 3.8) is 0 Å². The van der Waals surface area contributed by atoms with E-state index in [0.717, 1.165) is 33.6 Å². The number of hydrogen-bond acceptors (Lipinski definition) is 6. The summed E-state index contributed by atoms with van der Waals surface area (Å²) in [4.78, 5) is 29.1. The van der Waals surface area contributed by atoms with E-state index in [0.29, 0.717) is 36.3 Å². The first-order valence-corrected chi connectivity index (χ1v) is 10.7. The minimum atomic E-state index is -0.322. The third-order valence-corrected chi connectivity index (χ3v) is 5.81. The highest BCUT2D eigenvalue weighted by molar-refractivity contribution is 6.00. The van der Waals surface area contributed by atoms with Crippen molar-refractivity contribution in [3.8, 4) is 5.75 Å². The number of nitrogens with zero attached hydrogens (tertiary/aromatic N) is 1. The van der Waals surface area contributed by atoms with Gasteiger partial charge in [0.1, 0.15) is 5.75 Å². The standard InChI is InChI=1S/C27H26N2O4/c1-17-8-9-18(11-25(30)23-6-4-5-7-26(23)32-2)10-21(17)15-28-22-13-19-12-20(27(31)33-3)14-24(19)29-16-22/h4-10,12-13,16,28H,11,14-15H2,1-3H3. The number of benzene rings is 2. The van der Waals surface area contributed by atoms with Crippen molar-refractivity contribution >= 4 is 23.5 Å². The minimum Gasteiger partial charge on any atom is -0.496 e. The van der Waals surface area contributed by atoms with Gasteiger partial charge in [0.15, 0.2) is 5.78 Å². The number of carbonyl (C=O) groups excluding carboxylic acids is 2. The summed E-state index contributed by atoms with van der Waals surface area (Å²) in [6, 6.07) is 15.4. The molecule has 0 unspecified atom stereocenters. The number of nitrogens with one attached hydrogen (secondary N) is 1. The van der Waals surface area contributed by atoms with Gasteiger partial charge in [-0.05, 0) is 53.5 Å². The number of pyridine rings is 1. The van der Waals surface area contributed by atoms with Crippen molar-refractivity contribution in [2.45, 2.75) is 26.3 Å². The Morgan fingerprint density at radius 3 is 2.70 bits per heavy atom. The first-order chi connectivity index (χ1) is 16.0. The van der Waals surface area contributed by atoms with Gasteiger partial charge in [0, 0.05) is 25.0 Å². The van der Waals surface area contributed by atoms with Crippen LogP contribution in [0.1, 0.15) is 38.3 Å². The lowest BCUT2D eigenvalue weighted by Crippen LogP contribution is -2.08. The van der Waals surface area contributed by atoms with Crippen LogP contribution in [0.5, 0.6) is 5.75 Å². The molecule has 0 saturated carbocycles. The Hall–Kier alpha value is -3.93. The molecule has 0 atom stereocenters. The summed E-state index contributed by atoms with van der Waals surface area (Å²) in [6.07, 6.45) is 4.39. The summed E-state index contributed by atoms with van der Waals surface area (Å²) in [5.41, 5.74) is 7.05. The lowest BCUT2D eigenvalue weighted by Gasteiger charge is -2.12. The van der Waals surface area contributed by atoms with E-state index in [1.54, 1.807) is 25.4 Å². The van der Waals surface area contributed by atoms with Gasteiger partial charge in [0.25, 0.3) is 0 Å². The molecular weight excluding hydrogens is 416 g/mol. The predicted molar refractivity (Wildman–Crippen MR) is 127 cm³/mol. The third kappa shape index (κ3) is 4.95. The Labute approximate surface area is 193 Å². The molecule has 1 aliphatic rings. The number of aromatic nitrogens is 1. The summed E-state index contributed by atoms with van der Waals surface area (Å²) < 4.78 is 10.1. The molecule has 1 N–H and O–H groups in total. The Balaban J connectivity index is 1.46. The average molecular weight is 443 g/mol. The van der Waals surface area contributed by atoms with Crippen LogP contribution in [0.4, 0.5) is 5.69 Å². The number of carbonyl (C=O) groups is 2. The van der Waals surface area contributed by atoms with Crippen molar-refractivity contribution in [1.82, 2.24) is 4.98 Å². The molecule has 0 radical (unpaired) electrons. The molecule has 0 fully saturated rings. The molecule has 0 spiro atoms. The number of anilines is 1. The molecule has 3 aromatic rings. The van der Waals surface area contributed by atoms with Gasteiger partial charge in [-0.25, -0.2) is 4.79 Å². The van der Waals surface area contributed by atoms with Crippen LogP contribution >= 0.6 is 0 Å². The first kappa shape index (κ1) is 22.3. The van der Waals surface area contributed by atoms with Crippen LogP contribution in [0, 0.1) is 6.92 Å². The van der Waals surface area contributed by atoms with E-state index in [-0.39, 0.29) is 11.8 Å². The summed E-state index contributed by atoms with van der Waals surface area (Å²) in [5, 5.41) is 3.41. The van der Waals surface area contributed by atoms with Crippen LogP contribution in [0.2, 0.25) is 0 Å². The van der Waals surface area contributed by atoms with E-state index in [9.17, 15) is 9.59 Å².